The van der Waals surface area contributed by atoms with Crippen LogP contribution in [0.25, 0.3) is 0 Å². The monoisotopic (exact) mass is 287 g/mol. The van der Waals surface area contributed by atoms with E-state index in [2.05, 4.69) is 0 Å². The second-order valence-electron chi connectivity index (χ2n) is 5.05. The lowest BCUT2D eigenvalue weighted by Crippen LogP contribution is -2.45. The molecule has 2 rings (SSSR count). The molecule has 0 radical (unpaired) electrons. The van der Waals surface area contributed by atoms with Crippen LogP contribution >= 0.6 is 0 Å². The van der Waals surface area contributed by atoms with Gasteiger partial charge in [-0.1, -0.05) is 0 Å². The predicted octanol–water partition coefficient (Wildman–Crippen LogP) is 3.13. The van der Waals surface area contributed by atoms with Gasteiger partial charge in [0.2, 0.25) is 0 Å². The maximum atomic E-state index is 12.9. The molecule has 0 aromatic heterocycles. The van der Waals surface area contributed by atoms with Crippen LogP contribution in [0.15, 0.2) is 18.2 Å². The molecule has 1 aliphatic rings. The largest absolute Gasteiger partial charge is 0.417 e. The fourth-order valence-electron chi connectivity index (χ4n) is 2.48. The lowest BCUT2D eigenvalue weighted by Gasteiger charge is -2.37. The van der Waals surface area contributed by atoms with E-state index in [1.165, 1.54) is 6.07 Å². The molecule has 110 valence electrons. The number of anilines is 1. The average Bonchev–Trinajstić information content (AvgIpc) is 2.35. The third-order valence-corrected chi connectivity index (χ3v) is 3.25. The molecule has 0 N–H and O–H groups in total. The highest BCUT2D eigenvalue weighted by Gasteiger charge is 2.34. The summed E-state index contributed by atoms with van der Waals surface area (Å²) in [6, 6.07) is 3.80. The van der Waals surface area contributed by atoms with E-state index >= 15 is 0 Å². The number of carbonyl (C=O) groups is 1. The smallest absolute Gasteiger partial charge is 0.372 e. The van der Waals surface area contributed by atoms with E-state index in [0.29, 0.717) is 18.8 Å². The zero-order valence-electron chi connectivity index (χ0n) is 11.3. The molecule has 0 spiro atoms. The molecule has 1 saturated heterocycles. The standard InChI is InChI=1S/C14H16F3NO2/c1-9-6-18(7-10(2)20-9)12-4-3-11(8-19)13(5-12)14(15,16)17/h3-5,8-10H,6-7H2,1-2H3. The maximum Gasteiger partial charge on any atom is 0.417 e. The Morgan fingerprint density at radius 3 is 2.35 bits per heavy atom. The van der Waals surface area contributed by atoms with Crippen molar-refractivity contribution in [3.63, 3.8) is 0 Å². The zero-order chi connectivity index (χ0) is 14.9. The average molecular weight is 287 g/mol. The van der Waals surface area contributed by atoms with Crippen LogP contribution < -0.4 is 4.90 Å². The van der Waals surface area contributed by atoms with Gasteiger partial charge in [0.25, 0.3) is 0 Å². The summed E-state index contributed by atoms with van der Waals surface area (Å²) < 4.78 is 44.4. The minimum atomic E-state index is -4.53. The minimum Gasteiger partial charge on any atom is -0.372 e. The quantitative estimate of drug-likeness (QED) is 0.783. The zero-order valence-corrected chi connectivity index (χ0v) is 11.3. The third kappa shape index (κ3) is 3.12. The van der Waals surface area contributed by atoms with Crippen LogP contribution in [0.3, 0.4) is 0 Å². The van der Waals surface area contributed by atoms with E-state index in [0.717, 1.165) is 6.07 Å². The molecule has 2 unspecified atom stereocenters. The van der Waals surface area contributed by atoms with Crippen LogP contribution in [0.2, 0.25) is 0 Å². The molecule has 1 aliphatic heterocycles. The Labute approximate surface area is 115 Å². The van der Waals surface area contributed by atoms with Gasteiger partial charge >= 0.3 is 6.18 Å². The number of hydrogen-bond donors (Lipinski definition) is 0. The first-order valence-electron chi connectivity index (χ1n) is 6.38. The first-order valence-corrected chi connectivity index (χ1v) is 6.38. The number of halogens is 3. The first-order chi connectivity index (χ1) is 9.31. The van der Waals surface area contributed by atoms with Crippen LogP contribution in [0.4, 0.5) is 18.9 Å². The lowest BCUT2D eigenvalue weighted by molar-refractivity contribution is -0.137. The summed E-state index contributed by atoms with van der Waals surface area (Å²) in [7, 11) is 0. The summed E-state index contributed by atoms with van der Waals surface area (Å²) in [5.41, 5.74) is -0.766. The van der Waals surface area contributed by atoms with Crippen molar-refractivity contribution >= 4 is 12.0 Å². The second kappa shape index (κ2) is 5.44. The number of aldehydes is 1. The van der Waals surface area contributed by atoms with Crippen molar-refractivity contribution in [1.29, 1.82) is 0 Å². The van der Waals surface area contributed by atoms with Gasteiger partial charge in [-0.05, 0) is 32.0 Å². The van der Waals surface area contributed by atoms with Gasteiger partial charge in [-0.15, -0.1) is 0 Å². The van der Waals surface area contributed by atoms with Crippen molar-refractivity contribution in [3.05, 3.63) is 29.3 Å². The minimum absolute atomic E-state index is 0.0427. The molecule has 6 heteroatoms. The summed E-state index contributed by atoms with van der Waals surface area (Å²) in [4.78, 5) is 12.6. The lowest BCUT2D eigenvalue weighted by atomic mass is 10.1. The number of hydrogen-bond acceptors (Lipinski definition) is 3. The van der Waals surface area contributed by atoms with Crippen LogP contribution in [-0.2, 0) is 10.9 Å². The highest BCUT2D eigenvalue weighted by Crippen LogP contribution is 2.34. The van der Waals surface area contributed by atoms with E-state index in [4.69, 9.17) is 4.74 Å². The molecule has 2 atom stereocenters. The Kier molecular flexibility index (Phi) is 4.04. The number of rotatable bonds is 2. The Morgan fingerprint density at radius 2 is 1.85 bits per heavy atom. The highest BCUT2D eigenvalue weighted by atomic mass is 19.4. The summed E-state index contributed by atoms with van der Waals surface area (Å²) in [6.45, 7) is 4.82. The van der Waals surface area contributed by atoms with Crippen molar-refractivity contribution in [3.8, 4) is 0 Å². The van der Waals surface area contributed by atoms with Crippen molar-refractivity contribution in [2.75, 3.05) is 18.0 Å². The molecule has 0 aliphatic carbocycles. The van der Waals surface area contributed by atoms with Crippen molar-refractivity contribution < 1.29 is 22.7 Å². The van der Waals surface area contributed by atoms with Gasteiger partial charge in [0.1, 0.15) is 0 Å². The van der Waals surface area contributed by atoms with Crippen LogP contribution in [-0.4, -0.2) is 31.6 Å². The molecule has 1 fully saturated rings. The predicted molar refractivity (Wildman–Crippen MR) is 69.1 cm³/mol. The number of nitrogens with zero attached hydrogens (tertiary/aromatic N) is 1. The Balaban J connectivity index is 2.36. The number of carbonyl (C=O) groups excluding carboxylic acids is 1. The van der Waals surface area contributed by atoms with Crippen LogP contribution in [0.5, 0.6) is 0 Å². The fourth-order valence-corrected chi connectivity index (χ4v) is 2.48. The molecule has 1 heterocycles. The molecule has 1 aromatic rings. The Morgan fingerprint density at radius 1 is 1.25 bits per heavy atom. The van der Waals surface area contributed by atoms with Crippen LogP contribution in [0.1, 0.15) is 29.8 Å². The van der Waals surface area contributed by atoms with Gasteiger partial charge in [-0.2, -0.15) is 13.2 Å². The van der Waals surface area contributed by atoms with Gasteiger partial charge in [0, 0.05) is 24.3 Å². The molecule has 0 saturated carbocycles. The third-order valence-electron chi connectivity index (χ3n) is 3.25. The maximum absolute atomic E-state index is 12.9. The van der Waals surface area contributed by atoms with Gasteiger partial charge in [-0.25, -0.2) is 0 Å². The second-order valence-corrected chi connectivity index (χ2v) is 5.05. The van der Waals surface area contributed by atoms with Crippen LogP contribution in [0, 0.1) is 0 Å². The van der Waals surface area contributed by atoms with Gasteiger partial charge in [0.05, 0.1) is 17.8 Å². The van der Waals surface area contributed by atoms with Crippen molar-refractivity contribution in [2.24, 2.45) is 0 Å². The van der Waals surface area contributed by atoms with E-state index in [1.54, 1.807) is 6.07 Å². The summed E-state index contributed by atoms with van der Waals surface area (Å²) in [6.07, 6.45) is -4.38. The normalized spacial score (nSPS) is 23.8. The highest BCUT2D eigenvalue weighted by molar-refractivity contribution is 5.79. The summed E-state index contributed by atoms with van der Waals surface area (Å²) >= 11 is 0. The molecular formula is C14H16F3NO2. The summed E-state index contributed by atoms with van der Waals surface area (Å²) in [5, 5.41) is 0. The fraction of sp³-hybridized carbons (Fsp3) is 0.500. The number of morpholine rings is 1. The van der Waals surface area contributed by atoms with E-state index in [1.807, 2.05) is 18.7 Å². The van der Waals surface area contributed by atoms with E-state index in [-0.39, 0.29) is 24.1 Å². The van der Waals surface area contributed by atoms with Crippen molar-refractivity contribution in [2.45, 2.75) is 32.2 Å². The Bertz CT molecular complexity index is 492. The molecule has 1 aromatic carbocycles. The van der Waals surface area contributed by atoms with Crippen molar-refractivity contribution in [1.82, 2.24) is 0 Å². The summed E-state index contributed by atoms with van der Waals surface area (Å²) in [5.74, 6) is 0. The Hall–Kier alpha value is -1.56. The molecule has 3 nitrogen and oxygen atoms in total. The van der Waals surface area contributed by atoms with Gasteiger partial charge in [0.15, 0.2) is 6.29 Å². The number of ether oxygens (including phenoxy) is 1. The van der Waals surface area contributed by atoms with E-state index < -0.39 is 11.7 Å². The molecule has 20 heavy (non-hydrogen) atoms. The van der Waals surface area contributed by atoms with Gasteiger partial charge < -0.3 is 9.64 Å². The molecule has 0 amide bonds. The topological polar surface area (TPSA) is 29.5 Å². The van der Waals surface area contributed by atoms with Gasteiger partial charge in [-0.3, -0.25) is 4.79 Å². The first kappa shape index (κ1) is 14.8. The number of alkyl halides is 3. The SMILES string of the molecule is CC1CN(c2ccc(C=O)c(C(F)(F)F)c2)CC(C)O1. The molecule has 0 bridgehead atoms. The molecular weight excluding hydrogens is 271 g/mol. The van der Waals surface area contributed by atoms with E-state index in [9.17, 15) is 18.0 Å². The number of benzene rings is 1.